The maximum atomic E-state index is 14.0. The number of pyridine rings is 1. The van der Waals surface area contributed by atoms with Crippen LogP contribution < -0.4 is 9.62 Å². The number of nitrogens with one attached hydrogen (secondary N) is 1. The first-order chi connectivity index (χ1) is 11.3. The maximum Gasteiger partial charge on any atom is 0.243 e. The van der Waals surface area contributed by atoms with Gasteiger partial charge in [0, 0.05) is 18.9 Å². The summed E-state index contributed by atoms with van der Waals surface area (Å²) in [5, 5.41) is 2.63. The van der Waals surface area contributed by atoms with Gasteiger partial charge in [0.1, 0.15) is 11.9 Å². The van der Waals surface area contributed by atoms with E-state index in [4.69, 9.17) is 0 Å². The molecule has 0 saturated carbocycles. The van der Waals surface area contributed by atoms with Gasteiger partial charge in [0.25, 0.3) is 0 Å². The molecule has 0 aliphatic heterocycles. The molecule has 2 rings (SSSR count). The van der Waals surface area contributed by atoms with Crippen molar-refractivity contribution in [2.45, 2.75) is 19.5 Å². The summed E-state index contributed by atoms with van der Waals surface area (Å²) in [6, 6.07) is 7.84. The van der Waals surface area contributed by atoms with Crippen molar-refractivity contribution in [1.29, 1.82) is 0 Å². The van der Waals surface area contributed by atoms with Crippen molar-refractivity contribution in [1.82, 2.24) is 10.3 Å². The lowest BCUT2D eigenvalue weighted by molar-refractivity contribution is -0.122. The lowest BCUT2D eigenvalue weighted by atomic mass is 10.2. The molecule has 1 N–H and O–H groups in total. The van der Waals surface area contributed by atoms with E-state index in [0.717, 1.165) is 22.2 Å². The standard InChI is InChI=1S/C16H18FN3O3S/c1-12(16(21)19-11-13-6-5-9-18-10-13)20(24(2,22)23)15-8-4-3-7-14(15)17/h3-10,12H,11H2,1-2H3,(H,19,21). The minimum Gasteiger partial charge on any atom is -0.350 e. The average molecular weight is 351 g/mol. The molecule has 1 heterocycles. The van der Waals surface area contributed by atoms with Gasteiger partial charge in [0.2, 0.25) is 15.9 Å². The van der Waals surface area contributed by atoms with Crippen molar-refractivity contribution in [3.05, 3.63) is 60.2 Å². The van der Waals surface area contributed by atoms with E-state index in [-0.39, 0.29) is 12.2 Å². The second-order valence-corrected chi connectivity index (χ2v) is 7.12. The molecule has 8 heteroatoms. The number of hydrogen-bond acceptors (Lipinski definition) is 4. The number of para-hydroxylation sites is 1. The highest BCUT2D eigenvalue weighted by Crippen LogP contribution is 2.24. The van der Waals surface area contributed by atoms with Gasteiger partial charge >= 0.3 is 0 Å². The Balaban J connectivity index is 2.21. The van der Waals surface area contributed by atoms with Crippen LogP contribution in [0.1, 0.15) is 12.5 Å². The number of benzene rings is 1. The quantitative estimate of drug-likeness (QED) is 0.859. The molecule has 0 aliphatic carbocycles. The molecular formula is C16H18FN3O3S. The van der Waals surface area contributed by atoms with Crippen LogP contribution in [0.2, 0.25) is 0 Å². The van der Waals surface area contributed by atoms with Gasteiger partial charge in [0.05, 0.1) is 11.9 Å². The van der Waals surface area contributed by atoms with Crippen molar-refractivity contribution in [3.8, 4) is 0 Å². The molecule has 24 heavy (non-hydrogen) atoms. The van der Waals surface area contributed by atoms with E-state index in [2.05, 4.69) is 10.3 Å². The van der Waals surface area contributed by atoms with Crippen LogP contribution in [0.25, 0.3) is 0 Å². The Morgan fingerprint density at radius 1 is 1.29 bits per heavy atom. The minimum absolute atomic E-state index is 0.163. The van der Waals surface area contributed by atoms with Crippen LogP contribution >= 0.6 is 0 Å². The van der Waals surface area contributed by atoms with Crippen LogP contribution in [0, 0.1) is 5.82 Å². The minimum atomic E-state index is -3.85. The van der Waals surface area contributed by atoms with Gasteiger partial charge in [-0.25, -0.2) is 12.8 Å². The zero-order valence-corrected chi connectivity index (χ0v) is 14.1. The molecule has 0 saturated heterocycles. The van der Waals surface area contributed by atoms with E-state index in [1.165, 1.54) is 25.1 Å². The highest BCUT2D eigenvalue weighted by Gasteiger charge is 2.30. The molecule has 1 atom stereocenters. The largest absolute Gasteiger partial charge is 0.350 e. The number of nitrogens with zero attached hydrogens (tertiary/aromatic N) is 2. The molecule has 0 radical (unpaired) electrons. The van der Waals surface area contributed by atoms with Crippen LogP contribution in [-0.4, -0.2) is 31.6 Å². The number of rotatable bonds is 6. The second kappa shape index (κ2) is 7.39. The van der Waals surface area contributed by atoms with E-state index in [0.29, 0.717) is 0 Å². The number of carbonyl (C=O) groups is 1. The summed E-state index contributed by atoms with van der Waals surface area (Å²) in [4.78, 5) is 16.3. The molecule has 0 fully saturated rings. The predicted octanol–water partition coefficient (Wildman–Crippen LogP) is 1.69. The number of carbonyl (C=O) groups excluding carboxylic acids is 1. The Morgan fingerprint density at radius 3 is 2.58 bits per heavy atom. The summed E-state index contributed by atoms with van der Waals surface area (Å²) >= 11 is 0. The fourth-order valence-electron chi connectivity index (χ4n) is 2.25. The molecule has 0 aliphatic rings. The van der Waals surface area contributed by atoms with Gasteiger partial charge in [-0.2, -0.15) is 0 Å². The molecule has 0 spiro atoms. The average Bonchev–Trinajstić information content (AvgIpc) is 2.54. The van der Waals surface area contributed by atoms with Crippen LogP contribution in [-0.2, 0) is 21.4 Å². The van der Waals surface area contributed by atoms with Crippen molar-refractivity contribution in [2.24, 2.45) is 0 Å². The number of hydrogen-bond donors (Lipinski definition) is 1. The van der Waals surface area contributed by atoms with Gasteiger partial charge in [-0.3, -0.25) is 14.1 Å². The summed E-state index contributed by atoms with van der Waals surface area (Å²) < 4.78 is 38.9. The lowest BCUT2D eigenvalue weighted by Crippen LogP contribution is -2.48. The third kappa shape index (κ3) is 4.29. The van der Waals surface area contributed by atoms with Crippen LogP contribution in [0.3, 0.4) is 0 Å². The SMILES string of the molecule is CC(C(=O)NCc1cccnc1)N(c1ccccc1F)S(C)(=O)=O. The topological polar surface area (TPSA) is 79.4 Å². The summed E-state index contributed by atoms with van der Waals surface area (Å²) in [6.07, 6.45) is 4.14. The number of anilines is 1. The number of halogens is 1. The monoisotopic (exact) mass is 351 g/mol. The Bertz CT molecular complexity index is 812. The van der Waals surface area contributed by atoms with E-state index in [1.54, 1.807) is 24.5 Å². The van der Waals surface area contributed by atoms with Crippen molar-refractivity contribution in [2.75, 3.05) is 10.6 Å². The Hall–Kier alpha value is -2.48. The maximum absolute atomic E-state index is 14.0. The molecule has 2 aromatic rings. The van der Waals surface area contributed by atoms with Gasteiger partial charge < -0.3 is 5.32 Å². The smallest absolute Gasteiger partial charge is 0.243 e. The fraction of sp³-hybridized carbons (Fsp3) is 0.250. The Morgan fingerprint density at radius 2 is 2.00 bits per heavy atom. The first kappa shape index (κ1) is 17.9. The van der Waals surface area contributed by atoms with Gasteiger partial charge in [-0.15, -0.1) is 0 Å². The lowest BCUT2D eigenvalue weighted by Gasteiger charge is -2.28. The molecule has 1 amide bonds. The summed E-state index contributed by atoms with van der Waals surface area (Å²) in [7, 11) is -3.85. The first-order valence-electron chi connectivity index (χ1n) is 7.21. The molecule has 0 bridgehead atoms. The van der Waals surface area contributed by atoms with Crippen LogP contribution in [0.4, 0.5) is 10.1 Å². The van der Waals surface area contributed by atoms with Crippen LogP contribution in [0.15, 0.2) is 48.8 Å². The van der Waals surface area contributed by atoms with Gasteiger partial charge in [0.15, 0.2) is 0 Å². The van der Waals surface area contributed by atoms with E-state index < -0.39 is 27.8 Å². The second-order valence-electron chi connectivity index (χ2n) is 5.27. The first-order valence-corrected chi connectivity index (χ1v) is 9.06. The van der Waals surface area contributed by atoms with E-state index >= 15 is 0 Å². The molecular weight excluding hydrogens is 333 g/mol. The summed E-state index contributed by atoms with van der Waals surface area (Å²) in [6.45, 7) is 1.61. The zero-order chi connectivity index (χ0) is 17.7. The van der Waals surface area contributed by atoms with Gasteiger partial charge in [-0.1, -0.05) is 18.2 Å². The van der Waals surface area contributed by atoms with E-state index in [1.807, 2.05) is 0 Å². The molecule has 1 aromatic heterocycles. The van der Waals surface area contributed by atoms with Crippen LogP contribution in [0.5, 0.6) is 0 Å². The summed E-state index contributed by atoms with van der Waals surface area (Å²) in [5.74, 6) is -1.25. The third-order valence-electron chi connectivity index (χ3n) is 3.37. The zero-order valence-electron chi connectivity index (χ0n) is 13.3. The Kier molecular flexibility index (Phi) is 5.50. The summed E-state index contributed by atoms with van der Waals surface area (Å²) in [5.41, 5.74) is 0.610. The van der Waals surface area contributed by atoms with Crippen molar-refractivity contribution in [3.63, 3.8) is 0 Å². The highest BCUT2D eigenvalue weighted by atomic mass is 32.2. The third-order valence-corrected chi connectivity index (χ3v) is 4.60. The highest BCUT2D eigenvalue weighted by molar-refractivity contribution is 7.92. The number of aromatic nitrogens is 1. The fourth-order valence-corrected chi connectivity index (χ4v) is 3.43. The Labute approximate surface area is 140 Å². The number of amides is 1. The normalized spacial score (nSPS) is 12.5. The number of sulfonamides is 1. The molecule has 1 aromatic carbocycles. The predicted molar refractivity (Wildman–Crippen MR) is 89.3 cm³/mol. The molecule has 128 valence electrons. The molecule has 1 unspecified atom stereocenters. The van der Waals surface area contributed by atoms with Gasteiger partial charge in [-0.05, 0) is 30.7 Å². The van der Waals surface area contributed by atoms with Crippen molar-refractivity contribution < 1.29 is 17.6 Å². The molecule has 6 nitrogen and oxygen atoms in total. The van der Waals surface area contributed by atoms with E-state index in [9.17, 15) is 17.6 Å². The van der Waals surface area contributed by atoms with Crippen molar-refractivity contribution >= 4 is 21.6 Å².